The first-order chi connectivity index (χ1) is 8.21. The Bertz CT molecular complexity index is 448. The molecule has 0 fully saturated rings. The van der Waals surface area contributed by atoms with Crippen LogP contribution in [0.2, 0.25) is 0 Å². The number of nitrogens with one attached hydrogen (secondary N) is 1. The maximum atomic E-state index is 12.0. The van der Waals surface area contributed by atoms with E-state index in [-0.39, 0.29) is 5.56 Å². The smallest absolute Gasteiger partial charge is 0.382 e. The summed E-state index contributed by atoms with van der Waals surface area (Å²) in [6.07, 6.45) is -7.34. The van der Waals surface area contributed by atoms with E-state index in [2.05, 4.69) is 10.2 Å². The molecular weight excluding hydrogens is 251 g/mol. The average Bonchev–Trinajstić information content (AvgIpc) is 2.27. The molecule has 5 nitrogen and oxygen atoms in total. The minimum Gasteiger partial charge on any atom is -0.382 e. The van der Waals surface area contributed by atoms with E-state index in [1.165, 1.54) is 13.0 Å². The molecule has 1 aromatic rings. The van der Waals surface area contributed by atoms with E-state index in [9.17, 15) is 18.0 Å². The maximum Gasteiger partial charge on any atom is 0.416 e. The minimum atomic E-state index is -4.76. The quantitative estimate of drug-likeness (QED) is 0.843. The predicted molar refractivity (Wildman–Crippen MR) is 55.9 cm³/mol. The molecule has 1 aromatic heterocycles. The van der Waals surface area contributed by atoms with Crippen LogP contribution in [0, 0.1) is 13.8 Å². The van der Waals surface area contributed by atoms with E-state index < -0.39 is 24.7 Å². The van der Waals surface area contributed by atoms with Gasteiger partial charge in [0.15, 0.2) is 6.10 Å². The van der Waals surface area contributed by atoms with Gasteiger partial charge in [0.05, 0.1) is 23.5 Å². The number of aryl methyl sites for hydroxylation is 2. The van der Waals surface area contributed by atoms with Crippen LogP contribution in [0.5, 0.6) is 0 Å². The first kappa shape index (κ1) is 14.4. The number of carbonyl (C=O) groups is 1. The Balaban J connectivity index is 2.69. The summed E-state index contributed by atoms with van der Waals surface area (Å²) in [6, 6.07) is 1.41. The number of hydrogen-bond donors (Lipinski definition) is 2. The molecule has 0 aromatic carbocycles. The number of aliphatic hydroxyl groups is 1. The van der Waals surface area contributed by atoms with Gasteiger partial charge in [-0.3, -0.25) is 4.79 Å². The molecule has 18 heavy (non-hydrogen) atoms. The summed E-state index contributed by atoms with van der Waals surface area (Å²) in [7, 11) is 0. The molecule has 0 bridgehead atoms. The summed E-state index contributed by atoms with van der Waals surface area (Å²) < 4.78 is 36.1. The number of carbonyl (C=O) groups excluding carboxylic acids is 1. The highest BCUT2D eigenvalue weighted by molar-refractivity contribution is 5.95. The molecule has 1 amide bonds. The van der Waals surface area contributed by atoms with Crippen molar-refractivity contribution in [1.82, 2.24) is 15.5 Å². The zero-order valence-corrected chi connectivity index (χ0v) is 9.75. The van der Waals surface area contributed by atoms with Gasteiger partial charge in [0.1, 0.15) is 0 Å². The summed E-state index contributed by atoms with van der Waals surface area (Å²) in [6.45, 7) is 2.22. The Kier molecular flexibility index (Phi) is 4.23. The van der Waals surface area contributed by atoms with Crippen LogP contribution in [0.25, 0.3) is 0 Å². The molecule has 0 aliphatic heterocycles. The van der Waals surface area contributed by atoms with Crippen molar-refractivity contribution < 1.29 is 23.1 Å². The van der Waals surface area contributed by atoms with Crippen molar-refractivity contribution >= 4 is 5.91 Å². The van der Waals surface area contributed by atoms with Crippen molar-refractivity contribution in [2.45, 2.75) is 26.1 Å². The average molecular weight is 263 g/mol. The van der Waals surface area contributed by atoms with Crippen molar-refractivity contribution in [2.75, 3.05) is 6.54 Å². The highest BCUT2D eigenvalue weighted by Crippen LogP contribution is 2.19. The Morgan fingerprint density at radius 2 is 2.06 bits per heavy atom. The zero-order valence-electron chi connectivity index (χ0n) is 9.75. The monoisotopic (exact) mass is 263 g/mol. The van der Waals surface area contributed by atoms with Gasteiger partial charge in [0.2, 0.25) is 0 Å². The lowest BCUT2D eigenvalue weighted by molar-refractivity contribution is -0.201. The van der Waals surface area contributed by atoms with Gasteiger partial charge < -0.3 is 10.4 Å². The number of amides is 1. The fourth-order valence-corrected chi connectivity index (χ4v) is 1.18. The highest BCUT2D eigenvalue weighted by Gasteiger charge is 2.38. The van der Waals surface area contributed by atoms with E-state index in [0.717, 1.165) is 0 Å². The van der Waals surface area contributed by atoms with Crippen LogP contribution in [0.3, 0.4) is 0 Å². The van der Waals surface area contributed by atoms with Crippen LogP contribution in [0.4, 0.5) is 13.2 Å². The van der Waals surface area contributed by atoms with Crippen LogP contribution >= 0.6 is 0 Å². The van der Waals surface area contributed by atoms with Gasteiger partial charge in [-0.05, 0) is 19.9 Å². The molecular formula is C10H12F3N3O2. The van der Waals surface area contributed by atoms with Crippen molar-refractivity contribution in [3.8, 4) is 0 Å². The van der Waals surface area contributed by atoms with Gasteiger partial charge in [-0.25, -0.2) is 0 Å². The standard InChI is InChI=1S/C10H12F3N3O2/c1-5-3-7(6(2)16-15-5)9(18)14-4-8(17)10(11,12)13/h3,8,17H,4H2,1-2H3,(H,14,18). The second kappa shape index (κ2) is 5.30. The summed E-state index contributed by atoms with van der Waals surface area (Å²) in [4.78, 5) is 11.6. The number of aliphatic hydroxyl groups excluding tert-OH is 1. The Hall–Kier alpha value is -1.70. The summed E-state index contributed by atoms with van der Waals surface area (Å²) in [5.41, 5.74) is 0.915. The SMILES string of the molecule is Cc1cc(C(=O)NCC(O)C(F)(F)F)c(C)nn1. The van der Waals surface area contributed by atoms with Crippen LogP contribution in [-0.2, 0) is 0 Å². The number of alkyl halides is 3. The van der Waals surface area contributed by atoms with E-state index >= 15 is 0 Å². The third kappa shape index (κ3) is 3.66. The highest BCUT2D eigenvalue weighted by atomic mass is 19.4. The predicted octanol–water partition coefficient (Wildman–Crippen LogP) is 0.746. The first-order valence-electron chi connectivity index (χ1n) is 5.05. The molecule has 1 unspecified atom stereocenters. The fraction of sp³-hybridized carbons (Fsp3) is 0.500. The summed E-state index contributed by atoms with van der Waals surface area (Å²) in [5, 5.41) is 18.1. The van der Waals surface area contributed by atoms with E-state index in [4.69, 9.17) is 5.11 Å². The number of rotatable bonds is 3. The molecule has 0 saturated carbocycles. The number of aromatic nitrogens is 2. The van der Waals surface area contributed by atoms with Crippen molar-refractivity contribution in [3.63, 3.8) is 0 Å². The molecule has 1 atom stereocenters. The zero-order chi connectivity index (χ0) is 13.9. The van der Waals surface area contributed by atoms with Crippen molar-refractivity contribution in [3.05, 3.63) is 23.0 Å². The molecule has 8 heteroatoms. The Labute approximate surface area is 101 Å². The lowest BCUT2D eigenvalue weighted by Crippen LogP contribution is -2.40. The summed E-state index contributed by atoms with van der Waals surface area (Å²) in [5.74, 6) is -0.728. The molecule has 0 aliphatic carbocycles. The van der Waals surface area contributed by atoms with Gasteiger partial charge in [0, 0.05) is 0 Å². The molecule has 0 radical (unpaired) electrons. The van der Waals surface area contributed by atoms with Gasteiger partial charge in [-0.1, -0.05) is 0 Å². The molecule has 1 rings (SSSR count). The normalized spacial score (nSPS) is 13.2. The van der Waals surface area contributed by atoms with Crippen LogP contribution in [0.1, 0.15) is 21.7 Å². The molecule has 2 N–H and O–H groups in total. The fourth-order valence-electron chi connectivity index (χ4n) is 1.18. The second-order valence-corrected chi connectivity index (χ2v) is 3.75. The molecule has 1 heterocycles. The lowest BCUT2D eigenvalue weighted by atomic mass is 10.2. The van der Waals surface area contributed by atoms with Crippen LogP contribution in [0.15, 0.2) is 6.07 Å². The number of hydrogen-bond acceptors (Lipinski definition) is 4. The number of nitrogens with zero attached hydrogens (tertiary/aromatic N) is 2. The topological polar surface area (TPSA) is 75.1 Å². The first-order valence-corrected chi connectivity index (χ1v) is 5.05. The van der Waals surface area contributed by atoms with Gasteiger partial charge >= 0.3 is 6.18 Å². The van der Waals surface area contributed by atoms with Gasteiger partial charge in [-0.15, -0.1) is 0 Å². The summed E-state index contributed by atoms with van der Waals surface area (Å²) >= 11 is 0. The Morgan fingerprint density at radius 1 is 1.44 bits per heavy atom. The molecule has 0 spiro atoms. The van der Waals surface area contributed by atoms with Crippen LogP contribution in [-0.4, -0.2) is 40.0 Å². The minimum absolute atomic E-state index is 0.136. The Morgan fingerprint density at radius 3 is 2.61 bits per heavy atom. The molecule has 0 aliphatic rings. The third-order valence-corrected chi connectivity index (χ3v) is 2.18. The lowest BCUT2D eigenvalue weighted by Gasteiger charge is -2.15. The van der Waals surface area contributed by atoms with Crippen molar-refractivity contribution in [1.29, 1.82) is 0 Å². The maximum absolute atomic E-state index is 12.0. The van der Waals surface area contributed by atoms with Crippen LogP contribution < -0.4 is 5.32 Å². The van der Waals surface area contributed by atoms with Gasteiger partial charge in [-0.2, -0.15) is 23.4 Å². The second-order valence-electron chi connectivity index (χ2n) is 3.75. The van der Waals surface area contributed by atoms with Gasteiger partial charge in [0.25, 0.3) is 5.91 Å². The largest absolute Gasteiger partial charge is 0.416 e. The van der Waals surface area contributed by atoms with E-state index in [1.54, 1.807) is 6.92 Å². The third-order valence-electron chi connectivity index (χ3n) is 2.18. The molecule has 100 valence electrons. The number of halogens is 3. The molecule has 0 saturated heterocycles. The van der Waals surface area contributed by atoms with Crippen molar-refractivity contribution in [2.24, 2.45) is 0 Å². The van der Waals surface area contributed by atoms with E-state index in [1.807, 2.05) is 5.32 Å². The van der Waals surface area contributed by atoms with E-state index in [0.29, 0.717) is 11.4 Å².